The summed E-state index contributed by atoms with van der Waals surface area (Å²) < 4.78 is 30.8. The SMILES string of the molecule is CN(C)CCCNCCOc1ccc(F)c(F)c1. The maximum atomic E-state index is 12.9. The van der Waals surface area contributed by atoms with E-state index in [1.807, 2.05) is 14.1 Å². The summed E-state index contributed by atoms with van der Waals surface area (Å²) >= 11 is 0. The van der Waals surface area contributed by atoms with Crippen molar-refractivity contribution in [3.05, 3.63) is 29.8 Å². The number of benzene rings is 1. The van der Waals surface area contributed by atoms with Crippen LogP contribution in [0.3, 0.4) is 0 Å². The maximum absolute atomic E-state index is 12.9. The molecular formula is C13H20F2N2O. The smallest absolute Gasteiger partial charge is 0.162 e. The van der Waals surface area contributed by atoms with E-state index < -0.39 is 11.6 Å². The second-order valence-corrected chi connectivity index (χ2v) is 4.33. The molecule has 0 spiro atoms. The van der Waals surface area contributed by atoms with Gasteiger partial charge in [0.25, 0.3) is 0 Å². The molecule has 0 unspecified atom stereocenters. The van der Waals surface area contributed by atoms with Crippen molar-refractivity contribution >= 4 is 0 Å². The van der Waals surface area contributed by atoms with E-state index in [2.05, 4.69) is 10.2 Å². The standard InChI is InChI=1S/C13H20F2N2O/c1-17(2)8-3-6-16-7-9-18-11-4-5-12(14)13(15)10-11/h4-5,10,16H,3,6-9H2,1-2H3. The molecule has 0 heterocycles. The summed E-state index contributed by atoms with van der Waals surface area (Å²) in [4.78, 5) is 2.12. The highest BCUT2D eigenvalue weighted by atomic mass is 19.2. The highest BCUT2D eigenvalue weighted by Crippen LogP contribution is 2.14. The summed E-state index contributed by atoms with van der Waals surface area (Å²) in [5.74, 6) is -1.39. The fourth-order valence-electron chi connectivity index (χ4n) is 1.45. The fraction of sp³-hybridized carbons (Fsp3) is 0.538. The van der Waals surface area contributed by atoms with E-state index in [0.717, 1.165) is 31.6 Å². The van der Waals surface area contributed by atoms with Gasteiger partial charge >= 0.3 is 0 Å². The van der Waals surface area contributed by atoms with Crippen molar-refractivity contribution in [2.45, 2.75) is 6.42 Å². The van der Waals surface area contributed by atoms with Crippen LogP contribution in [0.2, 0.25) is 0 Å². The molecule has 102 valence electrons. The number of rotatable bonds is 8. The Bertz CT molecular complexity index is 359. The van der Waals surface area contributed by atoms with Crippen LogP contribution in [0.5, 0.6) is 5.75 Å². The molecular weight excluding hydrogens is 238 g/mol. The van der Waals surface area contributed by atoms with E-state index in [-0.39, 0.29) is 0 Å². The minimum atomic E-state index is -0.883. The minimum Gasteiger partial charge on any atom is -0.492 e. The van der Waals surface area contributed by atoms with Gasteiger partial charge in [-0.05, 0) is 45.7 Å². The van der Waals surface area contributed by atoms with Crippen molar-refractivity contribution in [1.82, 2.24) is 10.2 Å². The number of hydrogen-bond acceptors (Lipinski definition) is 3. The number of ether oxygens (including phenoxy) is 1. The second kappa shape index (κ2) is 8.00. The van der Waals surface area contributed by atoms with Crippen LogP contribution in [-0.2, 0) is 0 Å². The van der Waals surface area contributed by atoms with Crippen LogP contribution in [-0.4, -0.2) is 45.2 Å². The third kappa shape index (κ3) is 5.93. The Morgan fingerprint density at radius 3 is 2.61 bits per heavy atom. The molecule has 3 nitrogen and oxygen atoms in total. The second-order valence-electron chi connectivity index (χ2n) is 4.33. The molecule has 1 aromatic carbocycles. The van der Waals surface area contributed by atoms with E-state index in [1.54, 1.807) is 0 Å². The minimum absolute atomic E-state index is 0.351. The predicted molar refractivity (Wildman–Crippen MR) is 67.9 cm³/mol. The van der Waals surface area contributed by atoms with Crippen LogP contribution in [0.4, 0.5) is 8.78 Å². The zero-order chi connectivity index (χ0) is 13.4. The average Bonchev–Trinajstić information content (AvgIpc) is 2.32. The molecule has 0 atom stereocenters. The zero-order valence-corrected chi connectivity index (χ0v) is 10.9. The van der Waals surface area contributed by atoms with Crippen LogP contribution < -0.4 is 10.1 Å². The molecule has 0 saturated heterocycles. The summed E-state index contributed by atoms with van der Waals surface area (Å²) in [6.45, 7) is 3.08. The summed E-state index contributed by atoms with van der Waals surface area (Å²) in [6.07, 6.45) is 1.07. The normalized spacial score (nSPS) is 10.9. The molecule has 0 fully saturated rings. The lowest BCUT2D eigenvalue weighted by Gasteiger charge is -2.10. The predicted octanol–water partition coefficient (Wildman–Crippen LogP) is 1.88. The van der Waals surface area contributed by atoms with Gasteiger partial charge in [0.1, 0.15) is 12.4 Å². The van der Waals surface area contributed by atoms with Crippen molar-refractivity contribution in [3.63, 3.8) is 0 Å². The van der Waals surface area contributed by atoms with Crippen molar-refractivity contribution in [1.29, 1.82) is 0 Å². The van der Waals surface area contributed by atoms with Crippen molar-refractivity contribution in [2.75, 3.05) is 40.3 Å². The highest BCUT2D eigenvalue weighted by Gasteiger charge is 2.02. The van der Waals surface area contributed by atoms with Gasteiger partial charge in [-0.25, -0.2) is 8.78 Å². The monoisotopic (exact) mass is 258 g/mol. The van der Waals surface area contributed by atoms with E-state index in [1.165, 1.54) is 6.07 Å². The summed E-state index contributed by atoms with van der Waals surface area (Å²) in [7, 11) is 4.07. The Hall–Kier alpha value is -1.20. The summed E-state index contributed by atoms with van der Waals surface area (Å²) in [6, 6.07) is 3.54. The van der Waals surface area contributed by atoms with Crippen molar-refractivity contribution in [3.8, 4) is 5.75 Å². The van der Waals surface area contributed by atoms with Crippen molar-refractivity contribution < 1.29 is 13.5 Å². The zero-order valence-electron chi connectivity index (χ0n) is 10.9. The summed E-state index contributed by atoms with van der Waals surface area (Å²) in [5.41, 5.74) is 0. The average molecular weight is 258 g/mol. The molecule has 0 aromatic heterocycles. The quantitative estimate of drug-likeness (QED) is 0.721. The van der Waals surface area contributed by atoms with Gasteiger partial charge in [-0.15, -0.1) is 0 Å². The first kappa shape index (κ1) is 14.9. The fourth-order valence-corrected chi connectivity index (χ4v) is 1.45. The Morgan fingerprint density at radius 2 is 1.94 bits per heavy atom. The van der Waals surface area contributed by atoms with Crippen LogP contribution in [0.25, 0.3) is 0 Å². The Labute approximate surface area is 107 Å². The van der Waals surface area contributed by atoms with Crippen LogP contribution in [0.1, 0.15) is 6.42 Å². The van der Waals surface area contributed by atoms with E-state index in [9.17, 15) is 8.78 Å². The molecule has 1 rings (SSSR count). The summed E-state index contributed by atoms with van der Waals surface area (Å²) in [5, 5.41) is 3.22. The van der Waals surface area contributed by atoms with Gasteiger partial charge < -0.3 is 15.0 Å². The Balaban J connectivity index is 2.09. The molecule has 0 saturated carbocycles. The number of halogens is 2. The molecule has 5 heteroatoms. The Morgan fingerprint density at radius 1 is 1.17 bits per heavy atom. The third-order valence-electron chi connectivity index (χ3n) is 2.40. The highest BCUT2D eigenvalue weighted by molar-refractivity contribution is 5.23. The molecule has 0 bridgehead atoms. The lowest BCUT2D eigenvalue weighted by atomic mass is 10.3. The molecule has 0 aliphatic carbocycles. The van der Waals surface area contributed by atoms with Gasteiger partial charge in [0.05, 0.1) is 0 Å². The molecule has 0 aliphatic heterocycles. The van der Waals surface area contributed by atoms with Gasteiger partial charge in [-0.3, -0.25) is 0 Å². The number of nitrogens with zero attached hydrogens (tertiary/aromatic N) is 1. The van der Waals surface area contributed by atoms with Gasteiger partial charge in [-0.1, -0.05) is 0 Å². The largest absolute Gasteiger partial charge is 0.492 e. The first-order valence-corrected chi connectivity index (χ1v) is 6.03. The van der Waals surface area contributed by atoms with Crippen LogP contribution in [0.15, 0.2) is 18.2 Å². The molecule has 0 radical (unpaired) electrons. The van der Waals surface area contributed by atoms with Crippen molar-refractivity contribution in [2.24, 2.45) is 0 Å². The Kier molecular flexibility index (Phi) is 6.60. The maximum Gasteiger partial charge on any atom is 0.162 e. The van der Waals surface area contributed by atoms with Gasteiger partial charge in [0, 0.05) is 12.6 Å². The van der Waals surface area contributed by atoms with E-state index in [0.29, 0.717) is 18.9 Å². The molecule has 0 amide bonds. The first-order valence-electron chi connectivity index (χ1n) is 6.03. The van der Waals surface area contributed by atoms with E-state index >= 15 is 0 Å². The molecule has 1 aromatic rings. The third-order valence-corrected chi connectivity index (χ3v) is 2.40. The van der Waals surface area contributed by atoms with Gasteiger partial charge in [0.15, 0.2) is 11.6 Å². The molecule has 18 heavy (non-hydrogen) atoms. The van der Waals surface area contributed by atoms with Gasteiger partial charge in [0.2, 0.25) is 0 Å². The lowest BCUT2D eigenvalue weighted by molar-refractivity contribution is 0.308. The van der Waals surface area contributed by atoms with E-state index in [4.69, 9.17) is 4.74 Å². The molecule has 0 aliphatic rings. The number of hydrogen-bond donors (Lipinski definition) is 1. The number of nitrogens with one attached hydrogen (secondary N) is 1. The molecule has 1 N–H and O–H groups in total. The van der Waals surface area contributed by atoms with Crippen LogP contribution in [0, 0.1) is 11.6 Å². The van der Waals surface area contributed by atoms with Crippen LogP contribution >= 0.6 is 0 Å². The first-order chi connectivity index (χ1) is 8.59. The lowest BCUT2D eigenvalue weighted by Crippen LogP contribution is -2.25. The van der Waals surface area contributed by atoms with Gasteiger partial charge in [-0.2, -0.15) is 0 Å². The topological polar surface area (TPSA) is 24.5 Å².